The van der Waals surface area contributed by atoms with E-state index < -0.39 is 11.6 Å². The van der Waals surface area contributed by atoms with Crippen molar-refractivity contribution in [1.29, 1.82) is 0 Å². The molecule has 0 radical (unpaired) electrons. The van der Waals surface area contributed by atoms with Gasteiger partial charge in [0.15, 0.2) is 11.6 Å². The summed E-state index contributed by atoms with van der Waals surface area (Å²) in [6.07, 6.45) is 4.92. The molecule has 3 rings (SSSR count). The van der Waals surface area contributed by atoms with Gasteiger partial charge in [-0.1, -0.05) is 11.9 Å². The van der Waals surface area contributed by atoms with Gasteiger partial charge in [0.25, 0.3) is 0 Å². The normalized spacial score (nSPS) is 19.4. The summed E-state index contributed by atoms with van der Waals surface area (Å²) < 4.78 is 36.2. The maximum absolute atomic E-state index is 13.9. The van der Waals surface area contributed by atoms with E-state index >= 15 is 0 Å². The van der Waals surface area contributed by atoms with E-state index in [1.165, 1.54) is 12.3 Å². The third kappa shape index (κ3) is 6.40. The summed E-state index contributed by atoms with van der Waals surface area (Å²) in [5.41, 5.74) is 0.356. The fraction of sp³-hybridized carbons (Fsp3) is 0.455. The number of anilines is 1. The Bertz CT molecular complexity index is 881. The van der Waals surface area contributed by atoms with Gasteiger partial charge in [-0.25, -0.2) is 13.8 Å². The third-order valence-corrected chi connectivity index (χ3v) is 5.82. The predicted octanol–water partition coefficient (Wildman–Crippen LogP) is 5.69. The van der Waals surface area contributed by atoms with Crippen molar-refractivity contribution >= 4 is 23.5 Å². The summed E-state index contributed by atoms with van der Waals surface area (Å²) in [6.45, 7) is 6.49. The van der Waals surface area contributed by atoms with Crippen LogP contribution in [0.3, 0.4) is 0 Å². The average molecular weight is 436 g/mol. The first-order valence-electron chi connectivity index (χ1n) is 10.0. The van der Waals surface area contributed by atoms with Gasteiger partial charge in [-0.15, -0.1) is 0 Å². The van der Waals surface area contributed by atoms with Gasteiger partial charge in [0.05, 0.1) is 0 Å². The lowest BCUT2D eigenvalue weighted by atomic mass is 9.86. The molecule has 162 valence electrons. The predicted molar refractivity (Wildman–Crippen MR) is 116 cm³/mol. The van der Waals surface area contributed by atoms with E-state index in [1.54, 1.807) is 24.1 Å². The van der Waals surface area contributed by atoms with Gasteiger partial charge in [0.1, 0.15) is 11.5 Å². The second kappa shape index (κ2) is 9.75. The van der Waals surface area contributed by atoms with Crippen molar-refractivity contribution < 1.29 is 18.3 Å². The Morgan fingerprint density at radius 3 is 2.57 bits per heavy atom. The molecule has 5 nitrogen and oxygen atoms in total. The zero-order valence-electron chi connectivity index (χ0n) is 17.4. The molecular formula is C22H27F2N3O2S. The van der Waals surface area contributed by atoms with Crippen molar-refractivity contribution in [2.24, 2.45) is 5.92 Å². The SMILES string of the molecule is CC(C)(C)SNC1CCC(C(=O)Nc2cccnc2Oc2ccc(F)cc2F)CC1. The summed E-state index contributed by atoms with van der Waals surface area (Å²) in [5.74, 6) is -1.83. The van der Waals surface area contributed by atoms with Gasteiger partial charge in [-0.05, 0) is 70.7 Å². The summed E-state index contributed by atoms with van der Waals surface area (Å²) in [7, 11) is 0. The van der Waals surface area contributed by atoms with Crippen LogP contribution in [0.2, 0.25) is 0 Å². The number of halogens is 2. The maximum Gasteiger partial charge on any atom is 0.243 e. The van der Waals surface area contributed by atoms with Crippen LogP contribution >= 0.6 is 11.9 Å². The summed E-state index contributed by atoms with van der Waals surface area (Å²) in [4.78, 5) is 16.8. The summed E-state index contributed by atoms with van der Waals surface area (Å²) in [5, 5.41) is 2.85. The molecule has 0 saturated heterocycles. The molecule has 0 unspecified atom stereocenters. The van der Waals surface area contributed by atoms with E-state index in [0.29, 0.717) is 11.7 Å². The van der Waals surface area contributed by atoms with Crippen LogP contribution in [0.5, 0.6) is 11.6 Å². The molecule has 1 aliphatic rings. The molecule has 1 aromatic heterocycles. The van der Waals surface area contributed by atoms with E-state index in [9.17, 15) is 13.6 Å². The molecule has 1 amide bonds. The minimum Gasteiger partial charge on any atom is -0.434 e. The Morgan fingerprint density at radius 1 is 1.17 bits per heavy atom. The largest absolute Gasteiger partial charge is 0.434 e. The lowest BCUT2D eigenvalue weighted by Gasteiger charge is -2.30. The molecule has 1 heterocycles. The molecule has 0 aliphatic heterocycles. The fourth-order valence-electron chi connectivity index (χ4n) is 3.20. The second-order valence-corrected chi connectivity index (χ2v) is 10.1. The van der Waals surface area contributed by atoms with Crippen LogP contribution in [0.1, 0.15) is 46.5 Å². The van der Waals surface area contributed by atoms with Crippen LogP contribution < -0.4 is 14.8 Å². The van der Waals surface area contributed by atoms with Crippen LogP contribution in [0.25, 0.3) is 0 Å². The molecule has 1 aliphatic carbocycles. The van der Waals surface area contributed by atoms with Crippen molar-refractivity contribution in [2.45, 2.75) is 57.2 Å². The van der Waals surface area contributed by atoms with Crippen LogP contribution in [0, 0.1) is 17.6 Å². The highest BCUT2D eigenvalue weighted by molar-refractivity contribution is 7.98. The minimum absolute atomic E-state index is 0.0632. The molecule has 30 heavy (non-hydrogen) atoms. The number of nitrogens with zero attached hydrogens (tertiary/aromatic N) is 1. The van der Waals surface area contributed by atoms with Crippen molar-refractivity contribution in [2.75, 3.05) is 5.32 Å². The Labute approximate surface area is 180 Å². The standard InChI is InChI=1S/C22H27F2N3O2S/c1-22(2,3)30-27-16-9-6-14(7-10-16)20(28)26-18-5-4-12-25-21(18)29-19-11-8-15(23)13-17(19)24/h4-5,8,11-14,16,27H,6-7,9-10H2,1-3H3,(H,26,28). The Hall–Kier alpha value is -2.19. The highest BCUT2D eigenvalue weighted by atomic mass is 32.2. The van der Waals surface area contributed by atoms with Crippen molar-refractivity contribution in [3.63, 3.8) is 0 Å². The van der Waals surface area contributed by atoms with Crippen LogP contribution in [0.4, 0.5) is 14.5 Å². The van der Waals surface area contributed by atoms with Gasteiger partial charge in [0, 0.05) is 29.0 Å². The number of carbonyl (C=O) groups excluding carboxylic acids is 1. The molecule has 2 aromatic rings. The highest BCUT2D eigenvalue weighted by Crippen LogP contribution is 2.32. The molecular weight excluding hydrogens is 408 g/mol. The first-order valence-corrected chi connectivity index (χ1v) is 10.9. The Kier molecular flexibility index (Phi) is 7.31. The fourth-order valence-corrected chi connectivity index (χ4v) is 3.95. The Morgan fingerprint density at radius 2 is 1.90 bits per heavy atom. The van der Waals surface area contributed by atoms with Gasteiger partial charge in [-0.3, -0.25) is 9.52 Å². The number of pyridine rings is 1. The molecule has 1 aromatic carbocycles. The quantitative estimate of drug-likeness (QED) is 0.571. The van der Waals surface area contributed by atoms with Crippen LogP contribution in [-0.2, 0) is 4.79 Å². The topological polar surface area (TPSA) is 63.2 Å². The van der Waals surface area contributed by atoms with Gasteiger partial charge in [-0.2, -0.15) is 0 Å². The number of hydrogen-bond donors (Lipinski definition) is 2. The number of hydrogen-bond acceptors (Lipinski definition) is 5. The maximum atomic E-state index is 13.9. The summed E-state index contributed by atoms with van der Waals surface area (Å²) >= 11 is 1.73. The zero-order valence-corrected chi connectivity index (χ0v) is 18.2. The lowest BCUT2D eigenvalue weighted by molar-refractivity contribution is -0.120. The molecule has 0 atom stereocenters. The van der Waals surface area contributed by atoms with Crippen molar-refractivity contribution in [3.05, 3.63) is 48.2 Å². The number of benzene rings is 1. The zero-order chi connectivity index (χ0) is 21.7. The Balaban J connectivity index is 1.58. The number of amides is 1. The van der Waals surface area contributed by atoms with Crippen LogP contribution in [0.15, 0.2) is 36.5 Å². The molecule has 1 fully saturated rings. The minimum atomic E-state index is -0.836. The molecule has 0 spiro atoms. The number of ether oxygens (including phenoxy) is 1. The molecule has 1 saturated carbocycles. The number of rotatable bonds is 6. The first kappa shape index (κ1) is 22.5. The molecule has 0 bridgehead atoms. The summed E-state index contributed by atoms with van der Waals surface area (Å²) in [6, 6.07) is 6.74. The third-order valence-electron chi connectivity index (χ3n) is 4.76. The van der Waals surface area contributed by atoms with Crippen LogP contribution in [-0.4, -0.2) is 21.7 Å². The molecule has 8 heteroatoms. The second-order valence-electron chi connectivity index (χ2n) is 8.40. The van der Waals surface area contributed by atoms with E-state index in [0.717, 1.165) is 37.8 Å². The number of carbonyl (C=O) groups is 1. The average Bonchev–Trinajstić information content (AvgIpc) is 2.69. The van der Waals surface area contributed by atoms with Crippen molar-refractivity contribution in [1.82, 2.24) is 9.71 Å². The van der Waals surface area contributed by atoms with E-state index in [4.69, 9.17) is 4.74 Å². The number of nitrogens with one attached hydrogen (secondary N) is 2. The van der Waals surface area contributed by atoms with Gasteiger partial charge in [0.2, 0.25) is 11.8 Å². The molecule has 2 N–H and O–H groups in total. The van der Waals surface area contributed by atoms with Crippen molar-refractivity contribution in [3.8, 4) is 11.6 Å². The number of aromatic nitrogens is 1. The van der Waals surface area contributed by atoms with E-state index in [1.807, 2.05) is 0 Å². The monoisotopic (exact) mass is 435 g/mol. The van der Waals surface area contributed by atoms with E-state index in [2.05, 4.69) is 35.8 Å². The van der Waals surface area contributed by atoms with Gasteiger partial charge >= 0.3 is 0 Å². The van der Waals surface area contributed by atoms with E-state index in [-0.39, 0.29) is 28.2 Å². The highest BCUT2D eigenvalue weighted by Gasteiger charge is 2.28. The lowest BCUT2D eigenvalue weighted by Crippen LogP contribution is -2.35. The van der Waals surface area contributed by atoms with Gasteiger partial charge < -0.3 is 10.1 Å². The smallest absolute Gasteiger partial charge is 0.243 e. The first-order chi connectivity index (χ1) is 14.2.